The van der Waals surface area contributed by atoms with Crippen LogP contribution in [0.3, 0.4) is 0 Å². The van der Waals surface area contributed by atoms with Crippen molar-refractivity contribution in [1.29, 1.82) is 0 Å². The molecule has 2 aromatic heterocycles. The van der Waals surface area contributed by atoms with E-state index in [4.69, 9.17) is 11.6 Å². The Morgan fingerprint density at radius 1 is 1.29 bits per heavy atom. The van der Waals surface area contributed by atoms with E-state index in [0.717, 1.165) is 53.3 Å². The quantitative estimate of drug-likeness (QED) is 0.660. The van der Waals surface area contributed by atoms with Gasteiger partial charge in [-0.05, 0) is 56.7 Å². The summed E-state index contributed by atoms with van der Waals surface area (Å²) in [5, 5.41) is 5.00. The number of hydrogen-bond donors (Lipinski definition) is 0. The molecule has 0 aliphatic carbocycles. The van der Waals surface area contributed by atoms with Gasteiger partial charge in [-0.15, -0.1) is 0 Å². The van der Waals surface area contributed by atoms with E-state index in [-0.39, 0.29) is 11.9 Å². The van der Waals surface area contributed by atoms with Crippen molar-refractivity contribution in [3.8, 4) is 0 Å². The average Bonchev–Trinajstić information content (AvgIpc) is 3.32. The first-order valence-electron chi connectivity index (χ1n) is 9.73. The van der Waals surface area contributed by atoms with Gasteiger partial charge in [0.05, 0.1) is 0 Å². The number of fused-ring (bicyclic) bond motifs is 1. The number of likely N-dealkylation sites (tertiary alicyclic amines) is 1. The van der Waals surface area contributed by atoms with Gasteiger partial charge >= 0.3 is 0 Å². The van der Waals surface area contributed by atoms with Crippen molar-refractivity contribution in [2.24, 2.45) is 0 Å². The van der Waals surface area contributed by atoms with Crippen molar-refractivity contribution in [1.82, 2.24) is 24.5 Å². The highest BCUT2D eigenvalue weighted by molar-refractivity contribution is 6.31. The van der Waals surface area contributed by atoms with Crippen molar-refractivity contribution >= 4 is 23.3 Å². The van der Waals surface area contributed by atoms with Crippen LogP contribution >= 0.6 is 11.6 Å². The smallest absolute Gasteiger partial charge is 0.252 e. The van der Waals surface area contributed by atoms with E-state index in [2.05, 4.69) is 21.1 Å². The van der Waals surface area contributed by atoms with E-state index in [0.29, 0.717) is 18.6 Å². The molecule has 0 spiro atoms. The predicted octanol–water partition coefficient (Wildman–Crippen LogP) is 3.56. The van der Waals surface area contributed by atoms with Crippen LogP contribution in [0.25, 0.3) is 5.78 Å². The maximum absolute atomic E-state index is 13.0. The molecule has 1 saturated heterocycles. The Balaban J connectivity index is 1.45. The van der Waals surface area contributed by atoms with Gasteiger partial charge in [-0.2, -0.15) is 10.1 Å². The maximum Gasteiger partial charge on any atom is 0.252 e. The topological polar surface area (TPSA) is 63.4 Å². The van der Waals surface area contributed by atoms with Gasteiger partial charge in [-0.25, -0.2) is 9.50 Å². The monoisotopic (exact) mass is 397 g/mol. The largest absolute Gasteiger partial charge is 0.339 e. The third-order valence-electron chi connectivity index (χ3n) is 5.69. The molecule has 0 saturated carbocycles. The second-order valence-corrected chi connectivity index (χ2v) is 7.82. The number of benzene rings is 1. The van der Waals surface area contributed by atoms with Crippen LogP contribution in [0.1, 0.15) is 41.8 Å². The van der Waals surface area contributed by atoms with E-state index < -0.39 is 0 Å². The molecule has 146 valence electrons. The number of aromatic nitrogens is 4. The fourth-order valence-electron chi connectivity index (χ4n) is 4.19. The zero-order chi connectivity index (χ0) is 19.7. The van der Waals surface area contributed by atoms with Crippen molar-refractivity contribution in [2.75, 3.05) is 6.54 Å². The molecule has 0 radical (unpaired) electrons. The molecule has 3 aromatic rings. The minimum Gasteiger partial charge on any atom is -0.339 e. The van der Waals surface area contributed by atoms with Crippen LogP contribution in [0.5, 0.6) is 0 Å². The van der Waals surface area contributed by atoms with Crippen molar-refractivity contribution < 1.29 is 4.79 Å². The number of carbonyl (C=O) groups excluding carboxylic acids is 1. The molecule has 0 N–H and O–H groups in total. The Hall–Kier alpha value is -2.47. The molecule has 6 nitrogen and oxygen atoms in total. The Bertz CT molecular complexity index is 1020. The number of amides is 1. The van der Waals surface area contributed by atoms with Gasteiger partial charge in [-0.3, -0.25) is 4.79 Å². The number of nitrogens with zero attached hydrogens (tertiary/aromatic N) is 5. The van der Waals surface area contributed by atoms with E-state index >= 15 is 0 Å². The summed E-state index contributed by atoms with van der Waals surface area (Å²) in [6.45, 7) is 4.80. The zero-order valence-electron chi connectivity index (χ0n) is 16.2. The number of aryl methyl sites for hydroxylation is 2. The summed E-state index contributed by atoms with van der Waals surface area (Å²) in [6.07, 6.45) is 5.53. The summed E-state index contributed by atoms with van der Waals surface area (Å²) in [5.41, 5.74) is 4.11. The molecule has 1 aromatic carbocycles. The first-order chi connectivity index (χ1) is 13.5. The van der Waals surface area contributed by atoms with E-state index in [1.165, 1.54) is 6.33 Å². The van der Waals surface area contributed by atoms with Gasteiger partial charge in [0.25, 0.3) is 5.78 Å². The summed E-state index contributed by atoms with van der Waals surface area (Å²) < 4.78 is 1.74. The standard InChI is InChI=1S/C21H24ClN5O/c1-14-18(15(2)27-21(25-14)23-13-24-27)9-10-20(28)26-11-5-7-17(26)12-16-6-3-4-8-19(16)22/h3-4,6,8,13,17H,5,7,9-12H2,1-2H3. The van der Waals surface area contributed by atoms with E-state index in [1.807, 2.05) is 36.9 Å². The van der Waals surface area contributed by atoms with Crippen LogP contribution in [0.2, 0.25) is 5.02 Å². The van der Waals surface area contributed by atoms with Gasteiger partial charge in [-0.1, -0.05) is 29.8 Å². The average molecular weight is 398 g/mol. The Kier molecular flexibility index (Phi) is 5.31. The Morgan fingerprint density at radius 3 is 2.93 bits per heavy atom. The molecule has 1 aliphatic heterocycles. The van der Waals surface area contributed by atoms with E-state index in [9.17, 15) is 4.79 Å². The second-order valence-electron chi connectivity index (χ2n) is 7.41. The third kappa shape index (κ3) is 3.61. The first-order valence-corrected chi connectivity index (χ1v) is 10.1. The summed E-state index contributed by atoms with van der Waals surface area (Å²) >= 11 is 6.32. The molecule has 3 heterocycles. The summed E-state index contributed by atoms with van der Waals surface area (Å²) in [4.78, 5) is 23.7. The molecule has 1 unspecified atom stereocenters. The summed E-state index contributed by atoms with van der Waals surface area (Å²) in [5.74, 6) is 0.802. The number of halogens is 1. The van der Waals surface area contributed by atoms with Crippen LogP contribution in [0.15, 0.2) is 30.6 Å². The van der Waals surface area contributed by atoms with Gasteiger partial charge in [0, 0.05) is 35.4 Å². The Labute approximate surface area is 169 Å². The second kappa shape index (κ2) is 7.87. The maximum atomic E-state index is 13.0. The van der Waals surface area contributed by atoms with Crippen LogP contribution in [-0.2, 0) is 17.6 Å². The summed E-state index contributed by atoms with van der Waals surface area (Å²) in [6, 6.07) is 8.13. The number of hydrogen-bond acceptors (Lipinski definition) is 4. The first kappa shape index (κ1) is 18.9. The third-order valence-corrected chi connectivity index (χ3v) is 6.06. The fraction of sp³-hybridized carbons (Fsp3) is 0.429. The normalized spacial score (nSPS) is 16.8. The highest BCUT2D eigenvalue weighted by Crippen LogP contribution is 2.26. The van der Waals surface area contributed by atoms with Crippen LogP contribution < -0.4 is 0 Å². The molecule has 28 heavy (non-hydrogen) atoms. The fourth-order valence-corrected chi connectivity index (χ4v) is 4.40. The zero-order valence-corrected chi connectivity index (χ0v) is 17.0. The van der Waals surface area contributed by atoms with Crippen molar-refractivity contribution in [2.45, 2.75) is 52.0 Å². The lowest BCUT2D eigenvalue weighted by Crippen LogP contribution is -2.37. The lowest BCUT2D eigenvalue weighted by atomic mass is 10.0. The molecule has 4 rings (SSSR count). The molecule has 1 atom stereocenters. The molecule has 1 fully saturated rings. The molecular formula is C21H24ClN5O. The van der Waals surface area contributed by atoms with Gasteiger partial charge < -0.3 is 4.90 Å². The molecule has 1 aliphatic rings. The van der Waals surface area contributed by atoms with Gasteiger partial charge in [0.15, 0.2) is 0 Å². The van der Waals surface area contributed by atoms with Crippen LogP contribution in [-0.4, -0.2) is 43.0 Å². The highest BCUT2D eigenvalue weighted by atomic mass is 35.5. The minimum atomic E-state index is 0.201. The number of carbonyl (C=O) groups is 1. The SMILES string of the molecule is Cc1nc2ncnn2c(C)c1CCC(=O)N1CCCC1Cc1ccccc1Cl. The number of rotatable bonds is 5. The highest BCUT2D eigenvalue weighted by Gasteiger charge is 2.29. The molecule has 1 amide bonds. The lowest BCUT2D eigenvalue weighted by Gasteiger charge is -2.25. The van der Waals surface area contributed by atoms with Gasteiger partial charge in [0.2, 0.25) is 5.91 Å². The van der Waals surface area contributed by atoms with Crippen LogP contribution in [0.4, 0.5) is 0 Å². The van der Waals surface area contributed by atoms with Crippen LogP contribution in [0, 0.1) is 13.8 Å². The van der Waals surface area contributed by atoms with E-state index in [1.54, 1.807) is 4.52 Å². The van der Waals surface area contributed by atoms with Crippen molar-refractivity contribution in [3.05, 3.63) is 58.1 Å². The lowest BCUT2D eigenvalue weighted by molar-refractivity contribution is -0.131. The summed E-state index contributed by atoms with van der Waals surface area (Å²) in [7, 11) is 0. The molecule has 7 heteroatoms. The Morgan fingerprint density at radius 2 is 2.11 bits per heavy atom. The minimum absolute atomic E-state index is 0.201. The van der Waals surface area contributed by atoms with Gasteiger partial charge in [0.1, 0.15) is 6.33 Å². The predicted molar refractivity (Wildman–Crippen MR) is 108 cm³/mol. The van der Waals surface area contributed by atoms with Crippen molar-refractivity contribution in [3.63, 3.8) is 0 Å². The molecule has 0 bridgehead atoms. The molecular weight excluding hydrogens is 374 g/mol.